The molecule has 0 heterocycles. The molecule has 0 aliphatic rings. The van der Waals surface area contributed by atoms with Gasteiger partial charge in [-0.25, -0.2) is 0 Å². The maximum atomic E-state index is 8.52. The van der Waals surface area contributed by atoms with Crippen LogP contribution < -0.4 is 5.73 Å². The number of nitrogens with one attached hydrogen (secondary N) is 1. The normalized spacial score (nSPS) is 11.2. The smallest absolute Gasteiger partial charge is 0.151 e. The van der Waals surface area contributed by atoms with Gasteiger partial charge in [-0.15, -0.1) is 0 Å². The van der Waals surface area contributed by atoms with Gasteiger partial charge in [-0.1, -0.05) is 35.5 Å². The van der Waals surface area contributed by atoms with E-state index in [0.717, 1.165) is 0 Å². The number of nitrogens with zero attached hydrogens (tertiary/aromatic N) is 1. The van der Waals surface area contributed by atoms with Crippen LogP contribution in [0.3, 0.4) is 0 Å². The summed E-state index contributed by atoms with van der Waals surface area (Å²) in [5.74, 6) is -0.247. The van der Waals surface area contributed by atoms with E-state index in [-0.39, 0.29) is 11.5 Å². The highest BCUT2D eigenvalue weighted by molar-refractivity contribution is 6.45. The zero-order valence-electron chi connectivity index (χ0n) is 6.36. The molecule has 4 heteroatoms. The lowest BCUT2D eigenvalue weighted by Gasteiger charge is -2.00. The monoisotopic (exact) mass is 163 g/mol. The molecule has 0 amide bonds. The van der Waals surface area contributed by atoms with Gasteiger partial charge in [0.15, 0.2) is 5.71 Å². The van der Waals surface area contributed by atoms with E-state index in [2.05, 4.69) is 5.16 Å². The average Bonchev–Trinajstić information content (AvgIpc) is 2.07. The Labute approximate surface area is 69.8 Å². The first-order valence-electron chi connectivity index (χ1n) is 3.37. The van der Waals surface area contributed by atoms with Crippen molar-refractivity contribution in [2.75, 3.05) is 0 Å². The highest BCUT2D eigenvalue weighted by atomic mass is 16.4. The first-order valence-corrected chi connectivity index (χ1v) is 3.37. The highest BCUT2D eigenvalue weighted by Crippen LogP contribution is 2.00. The average molecular weight is 163 g/mol. The van der Waals surface area contributed by atoms with Gasteiger partial charge in [0.2, 0.25) is 0 Å². The molecule has 0 saturated carbocycles. The van der Waals surface area contributed by atoms with Gasteiger partial charge in [0, 0.05) is 5.56 Å². The quantitative estimate of drug-likeness (QED) is 0.261. The summed E-state index contributed by atoms with van der Waals surface area (Å²) < 4.78 is 0. The largest absolute Gasteiger partial charge is 0.410 e. The third-order valence-corrected chi connectivity index (χ3v) is 1.40. The molecule has 0 spiro atoms. The third-order valence-electron chi connectivity index (χ3n) is 1.40. The van der Waals surface area contributed by atoms with Crippen molar-refractivity contribution >= 4 is 11.5 Å². The predicted octanol–water partition coefficient (Wildman–Crippen LogP) is 0.801. The van der Waals surface area contributed by atoms with Crippen LogP contribution >= 0.6 is 0 Å². The second-order valence-corrected chi connectivity index (χ2v) is 2.23. The van der Waals surface area contributed by atoms with Gasteiger partial charge in [0.25, 0.3) is 0 Å². The van der Waals surface area contributed by atoms with Crippen molar-refractivity contribution in [3.8, 4) is 0 Å². The topological polar surface area (TPSA) is 82.5 Å². The fourth-order valence-corrected chi connectivity index (χ4v) is 0.863. The van der Waals surface area contributed by atoms with Crippen LogP contribution in [0.2, 0.25) is 0 Å². The number of benzene rings is 1. The Morgan fingerprint density at radius 2 is 1.92 bits per heavy atom. The lowest BCUT2D eigenvalue weighted by atomic mass is 10.1. The summed E-state index contributed by atoms with van der Waals surface area (Å²) in [5.41, 5.74) is 5.90. The molecule has 0 aliphatic carbocycles. The van der Waals surface area contributed by atoms with Crippen LogP contribution in [0, 0.1) is 5.41 Å². The van der Waals surface area contributed by atoms with Gasteiger partial charge in [0.05, 0.1) is 0 Å². The molecule has 0 unspecified atom stereocenters. The number of hydrogen-bond donors (Lipinski definition) is 3. The second-order valence-electron chi connectivity index (χ2n) is 2.23. The molecule has 0 radical (unpaired) electrons. The van der Waals surface area contributed by atoms with Crippen LogP contribution in [0.15, 0.2) is 35.5 Å². The zero-order valence-corrected chi connectivity index (χ0v) is 6.36. The summed E-state index contributed by atoms with van der Waals surface area (Å²) in [7, 11) is 0. The van der Waals surface area contributed by atoms with Crippen molar-refractivity contribution in [3.63, 3.8) is 0 Å². The van der Waals surface area contributed by atoms with Crippen LogP contribution in [0.1, 0.15) is 5.56 Å². The standard InChI is InChI=1S/C8H9N3O/c9-8(10)7(11-12)6-4-2-1-3-5-6/h1-5,12H,(H3,9,10). The molecule has 62 valence electrons. The molecule has 0 saturated heterocycles. The highest BCUT2D eigenvalue weighted by Gasteiger charge is 2.05. The van der Waals surface area contributed by atoms with Gasteiger partial charge in [-0.3, -0.25) is 5.41 Å². The molecule has 0 atom stereocenters. The fraction of sp³-hybridized carbons (Fsp3) is 0. The van der Waals surface area contributed by atoms with Crippen molar-refractivity contribution < 1.29 is 5.21 Å². The molecule has 12 heavy (non-hydrogen) atoms. The van der Waals surface area contributed by atoms with Gasteiger partial charge in [0.1, 0.15) is 5.84 Å². The Hall–Kier alpha value is -1.84. The molecule has 1 aromatic carbocycles. The van der Waals surface area contributed by atoms with E-state index in [9.17, 15) is 0 Å². The Bertz CT molecular complexity index is 305. The van der Waals surface area contributed by atoms with E-state index >= 15 is 0 Å². The summed E-state index contributed by atoms with van der Waals surface area (Å²) in [5, 5.41) is 18.5. The molecular weight excluding hydrogens is 154 g/mol. The minimum absolute atomic E-state index is 0.0931. The second kappa shape index (κ2) is 3.52. The van der Waals surface area contributed by atoms with Crippen LogP contribution in [0.4, 0.5) is 0 Å². The molecule has 4 N–H and O–H groups in total. The Morgan fingerprint density at radius 3 is 2.33 bits per heavy atom. The molecule has 0 aromatic heterocycles. The van der Waals surface area contributed by atoms with Crippen molar-refractivity contribution in [1.29, 1.82) is 5.41 Å². The first-order chi connectivity index (χ1) is 5.75. The fourth-order valence-electron chi connectivity index (χ4n) is 0.863. The molecule has 0 bridgehead atoms. The van der Waals surface area contributed by atoms with Gasteiger partial charge >= 0.3 is 0 Å². The van der Waals surface area contributed by atoms with Crippen molar-refractivity contribution in [2.45, 2.75) is 0 Å². The zero-order chi connectivity index (χ0) is 8.97. The lowest BCUT2D eigenvalue weighted by Crippen LogP contribution is -2.23. The minimum Gasteiger partial charge on any atom is -0.410 e. The van der Waals surface area contributed by atoms with Gasteiger partial charge < -0.3 is 10.9 Å². The number of oxime groups is 1. The van der Waals surface area contributed by atoms with E-state index in [4.69, 9.17) is 16.4 Å². The summed E-state index contributed by atoms with van der Waals surface area (Å²) in [6.07, 6.45) is 0. The molecule has 0 fully saturated rings. The molecule has 1 rings (SSSR count). The van der Waals surface area contributed by atoms with Crippen LogP contribution in [0.5, 0.6) is 0 Å². The summed E-state index contributed by atoms with van der Waals surface area (Å²) in [6.45, 7) is 0. The van der Waals surface area contributed by atoms with E-state index in [1.807, 2.05) is 6.07 Å². The Balaban J connectivity index is 3.05. The van der Waals surface area contributed by atoms with Crippen LogP contribution in [-0.4, -0.2) is 16.8 Å². The molecule has 1 aromatic rings. The summed E-state index contributed by atoms with van der Waals surface area (Å²) >= 11 is 0. The van der Waals surface area contributed by atoms with Gasteiger partial charge in [-0.2, -0.15) is 0 Å². The van der Waals surface area contributed by atoms with Gasteiger partial charge in [-0.05, 0) is 0 Å². The minimum atomic E-state index is -0.247. The Morgan fingerprint density at radius 1 is 1.33 bits per heavy atom. The molecular formula is C8H9N3O. The SMILES string of the molecule is N=C(N)C(=NO)c1ccccc1. The van der Waals surface area contributed by atoms with Crippen molar-refractivity contribution in [1.82, 2.24) is 0 Å². The maximum absolute atomic E-state index is 8.52. The van der Waals surface area contributed by atoms with Crippen molar-refractivity contribution in [3.05, 3.63) is 35.9 Å². The molecule has 4 nitrogen and oxygen atoms in total. The predicted molar refractivity (Wildman–Crippen MR) is 46.7 cm³/mol. The number of amidine groups is 1. The number of hydrogen-bond acceptors (Lipinski definition) is 3. The van der Waals surface area contributed by atoms with Crippen LogP contribution in [0.25, 0.3) is 0 Å². The van der Waals surface area contributed by atoms with E-state index in [1.165, 1.54) is 0 Å². The summed E-state index contributed by atoms with van der Waals surface area (Å²) in [6, 6.07) is 8.83. The van der Waals surface area contributed by atoms with E-state index in [1.54, 1.807) is 24.3 Å². The van der Waals surface area contributed by atoms with Crippen molar-refractivity contribution in [2.24, 2.45) is 10.9 Å². The van der Waals surface area contributed by atoms with E-state index < -0.39 is 0 Å². The number of nitrogens with two attached hydrogens (primary N) is 1. The molecule has 0 aliphatic heterocycles. The Kier molecular flexibility index (Phi) is 2.42. The number of rotatable bonds is 2. The van der Waals surface area contributed by atoms with E-state index in [0.29, 0.717) is 5.56 Å². The van der Waals surface area contributed by atoms with Crippen LogP contribution in [-0.2, 0) is 0 Å². The lowest BCUT2D eigenvalue weighted by molar-refractivity contribution is 0.320. The third kappa shape index (κ3) is 1.60. The first kappa shape index (κ1) is 8.26. The maximum Gasteiger partial charge on any atom is 0.151 e. The summed E-state index contributed by atoms with van der Waals surface area (Å²) in [4.78, 5) is 0.